The zero-order chi connectivity index (χ0) is 20.4. The second-order valence-electron chi connectivity index (χ2n) is 6.85. The standard InChI is InChI=1S/C24H18FNO3/c25-20-12-6-3-9-17(20)14-21(24(28)29)26-23(27)22-18-10-4-1-7-15(18)13-16-8-2-5-11-19(16)22/h1-13,21H,14H2,(H,26,27)(H,28,29)/t21-/m0/s1. The zero-order valence-corrected chi connectivity index (χ0v) is 15.4. The van der Waals surface area contributed by atoms with E-state index in [0.29, 0.717) is 5.56 Å². The van der Waals surface area contributed by atoms with E-state index in [1.807, 2.05) is 54.6 Å². The van der Waals surface area contributed by atoms with Gasteiger partial charge in [0.1, 0.15) is 11.9 Å². The topological polar surface area (TPSA) is 66.4 Å². The molecular weight excluding hydrogens is 369 g/mol. The van der Waals surface area contributed by atoms with Crippen molar-refractivity contribution in [1.82, 2.24) is 5.32 Å². The number of rotatable bonds is 5. The summed E-state index contributed by atoms with van der Waals surface area (Å²) in [5, 5.41) is 15.4. The van der Waals surface area contributed by atoms with Gasteiger partial charge in [-0.2, -0.15) is 0 Å². The van der Waals surface area contributed by atoms with Crippen molar-refractivity contribution >= 4 is 33.4 Å². The molecule has 0 heterocycles. The summed E-state index contributed by atoms with van der Waals surface area (Å²) in [4.78, 5) is 25.0. The first kappa shape index (κ1) is 18.6. The first-order valence-corrected chi connectivity index (χ1v) is 9.22. The zero-order valence-electron chi connectivity index (χ0n) is 15.4. The normalized spacial score (nSPS) is 12.0. The second kappa shape index (κ2) is 7.72. The molecule has 0 spiro atoms. The number of carbonyl (C=O) groups is 2. The van der Waals surface area contributed by atoms with Gasteiger partial charge < -0.3 is 10.4 Å². The van der Waals surface area contributed by atoms with Crippen molar-refractivity contribution in [2.45, 2.75) is 12.5 Å². The number of halogens is 1. The monoisotopic (exact) mass is 387 g/mol. The molecular formula is C24H18FNO3. The highest BCUT2D eigenvalue weighted by atomic mass is 19.1. The number of nitrogens with one attached hydrogen (secondary N) is 1. The molecule has 144 valence electrons. The smallest absolute Gasteiger partial charge is 0.326 e. The van der Waals surface area contributed by atoms with Gasteiger partial charge in [-0.1, -0.05) is 66.7 Å². The molecule has 4 rings (SSSR count). The molecule has 4 aromatic carbocycles. The van der Waals surface area contributed by atoms with Crippen LogP contribution in [0.15, 0.2) is 78.9 Å². The Morgan fingerprint density at radius 2 is 1.41 bits per heavy atom. The molecule has 0 bridgehead atoms. The van der Waals surface area contributed by atoms with Crippen LogP contribution in [0, 0.1) is 5.82 Å². The van der Waals surface area contributed by atoms with Crippen LogP contribution in [-0.4, -0.2) is 23.0 Å². The number of benzene rings is 4. The fourth-order valence-corrected chi connectivity index (χ4v) is 3.57. The number of carboxylic acids is 1. The molecule has 4 nitrogen and oxygen atoms in total. The van der Waals surface area contributed by atoms with Crippen LogP contribution in [-0.2, 0) is 11.2 Å². The van der Waals surface area contributed by atoms with Crippen LogP contribution in [0.25, 0.3) is 21.5 Å². The molecule has 5 heteroatoms. The van der Waals surface area contributed by atoms with Crippen molar-refractivity contribution in [3.63, 3.8) is 0 Å². The number of aliphatic carboxylic acids is 1. The molecule has 2 N–H and O–H groups in total. The minimum absolute atomic E-state index is 0.142. The summed E-state index contributed by atoms with van der Waals surface area (Å²) in [5.74, 6) is -2.21. The molecule has 0 radical (unpaired) electrons. The average Bonchev–Trinajstić information content (AvgIpc) is 2.72. The minimum Gasteiger partial charge on any atom is -0.480 e. The third kappa shape index (κ3) is 3.67. The summed E-state index contributed by atoms with van der Waals surface area (Å²) in [6, 6.07) is 21.6. The fourth-order valence-electron chi connectivity index (χ4n) is 3.57. The first-order chi connectivity index (χ1) is 14.0. The Kier molecular flexibility index (Phi) is 4.96. The summed E-state index contributed by atoms with van der Waals surface area (Å²) < 4.78 is 14.0. The maximum atomic E-state index is 14.0. The number of fused-ring (bicyclic) bond motifs is 2. The van der Waals surface area contributed by atoms with E-state index in [1.165, 1.54) is 18.2 Å². The number of hydrogen-bond acceptors (Lipinski definition) is 2. The minimum atomic E-state index is -1.25. The lowest BCUT2D eigenvalue weighted by molar-refractivity contribution is -0.139. The molecule has 0 aliphatic heterocycles. The summed E-state index contributed by atoms with van der Waals surface area (Å²) in [7, 11) is 0. The summed E-state index contributed by atoms with van der Waals surface area (Å²) >= 11 is 0. The molecule has 29 heavy (non-hydrogen) atoms. The molecule has 1 amide bonds. The van der Waals surface area contributed by atoms with Crippen molar-refractivity contribution in [2.24, 2.45) is 0 Å². The molecule has 1 atom stereocenters. The third-order valence-corrected chi connectivity index (χ3v) is 4.98. The van der Waals surface area contributed by atoms with Crippen LogP contribution in [0.3, 0.4) is 0 Å². The predicted molar refractivity (Wildman–Crippen MR) is 110 cm³/mol. The van der Waals surface area contributed by atoms with Crippen LogP contribution in [0.1, 0.15) is 15.9 Å². The molecule has 0 saturated carbocycles. The lowest BCUT2D eigenvalue weighted by Gasteiger charge is -2.17. The van der Waals surface area contributed by atoms with Crippen molar-refractivity contribution < 1.29 is 19.1 Å². The van der Waals surface area contributed by atoms with E-state index in [1.54, 1.807) is 6.07 Å². The molecule has 4 aromatic rings. The first-order valence-electron chi connectivity index (χ1n) is 9.22. The van der Waals surface area contributed by atoms with Crippen LogP contribution in [0.4, 0.5) is 4.39 Å². The highest BCUT2D eigenvalue weighted by molar-refractivity contribution is 6.18. The van der Waals surface area contributed by atoms with Crippen molar-refractivity contribution in [3.8, 4) is 0 Å². The summed E-state index contributed by atoms with van der Waals surface area (Å²) in [6.45, 7) is 0. The Morgan fingerprint density at radius 3 is 2.00 bits per heavy atom. The quantitative estimate of drug-likeness (QED) is 0.494. The van der Waals surface area contributed by atoms with E-state index >= 15 is 0 Å². The highest BCUT2D eigenvalue weighted by Gasteiger charge is 2.24. The second-order valence-corrected chi connectivity index (χ2v) is 6.85. The highest BCUT2D eigenvalue weighted by Crippen LogP contribution is 2.28. The maximum absolute atomic E-state index is 14.0. The van der Waals surface area contributed by atoms with Crippen LogP contribution < -0.4 is 5.32 Å². The van der Waals surface area contributed by atoms with Gasteiger partial charge in [0.2, 0.25) is 0 Å². The van der Waals surface area contributed by atoms with Gasteiger partial charge >= 0.3 is 5.97 Å². The molecule has 0 unspecified atom stereocenters. The van der Waals surface area contributed by atoms with Crippen LogP contribution >= 0.6 is 0 Å². The Bertz CT molecular complexity index is 1180. The van der Waals surface area contributed by atoms with E-state index in [0.717, 1.165) is 21.5 Å². The van der Waals surface area contributed by atoms with Crippen molar-refractivity contribution in [3.05, 3.63) is 95.8 Å². The predicted octanol–water partition coefficient (Wildman–Crippen LogP) is 4.56. The lowest BCUT2D eigenvalue weighted by Crippen LogP contribution is -2.42. The molecule has 0 saturated heterocycles. The van der Waals surface area contributed by atoms with E-state index in [4.69, 9.17) is 0 Å². The number of amides is 1. The molecule has 0 aromatic heterocycles. The van der Waals surface area contributed by atoms with Gasteiger partial charge in [-0.05, 0) is 39.2 Å². The summed E-state index contributed by atoms with van der Waals surface area (Å²) in [5.41, 5.74) is 0.654. The molecule has 0 aliphatic carbocycles. The van der Waals surface area contributed by atoms with Crippen LogP contribution in [0.5, 0.6) is 0 Å². The van der Waals surface area contributed by atoms with Gasteiger partial charge in [0, 0.05) is 6.42 Å². The van der Waals surface area contributed by atoms with Gasteiger partial charge in [-0.25, -0.2) is 9.18 Å². The van der Waals surface area contributed by atoms with Crippen molar-refractivity contribution in [2.75, 3.05) is 0 Å². The van der Waals surface area contributed by atoms with E-state index in [9.17, 15) is 19.1 Å². The van der Waals surface area contributed by atoms with Gasteiger partial charge in [0.25, 0.3) is 5.91 Å². The van der Waals surface area contributed by atoms with Gasteiger partial charge in [-0.3, -0.25) is 4.79 Å². The Balaban J connectivity index is 1.75. The third-order valence-electron chi connectivity index (χ3n) is 4.98. The molecule has 0 aliphatic rings. The van der Waals surface area contributed by atoms with E-state index in [2.05, 4.69) is 5.32 Å². The number of carboxylic acid groups (broad SMARTS) is 1. The summed E-state index contributed by atoms with van der Waals surface area (Å²) in [6.07, 6.45) is -0.142. The molecule has 0 fully saturated rings. The van der Waals surface area contributed by atoms with Crippen molar-refractivity contribution in [1.29, 1.82) is 0 Å². The van der Waals surface area contributed by atoms with Gasteiger partial charge in [0.05, 0.1) is 5.56 Å². The Labute approximate surface area is 166 Å². The number of carbonyl (C=O) groups excluding carboxylic acids is 1. The fraction of sp³-hybridized carbons (Fsp3) is 0.0833. The Hall–Kier alpha value is -3.73. The lowest BCUT2D eigenvalue weighted by atomic mass is 9.95. The van der Waals surface area contributed by atoms with E-state index < -0.39 is 23.7 Å². The largest absolute Gasteiger partial charge is 0.480 e. The Morgan fingerprint density at radius 1 is 0.862 bits per heavy atom. The van der Waals surface area contributed by atoms with Gasteiger partial charge in [-0.15, -0.1) is 0 Å². The van der Waals surface area contributed by atoms with Crippen LogP contribution in [0.2, 0.25) is 0 Å². The van der Waals surface area contributed by atoms with E-state index in [-0.39, 0.29) is 12.0 Å². The SMILES string of the molecule is O=C(N[C@@H](Cc1ccccc1F)C(=O)O)c1c2ccccc2cc2ccccc12. The average molecular weight is 387 g/mol. The number of hydrogen-bond donors (Lipinski definition) is 2. The van der Waals surface area contributed by atoms with Gasteiger partial charge in [0.15, 0.2) is 0 Å². The maximum Gasteiger partial charge on any atom is 0.326 e.